The van der Waals surface area contributed by atoms with Crippen LogP contribution in [-0.2, 0) is 0 Å². The average molecular weight is 118 g/mol. The minimum atomic E-state index is -0.356. The molecule has 0 heterocycles. The summed E-state index contributed by atoms with van der Waals surface area (Å²) in [7, 11) is 0. The van der Waals surface area contributed by atoms with E-state index in [1.165, 1.54) is 0 Å². The maximum atomic E-state index is 8.87. The summed E-state index contributed by atoms with van der Waals surface area (Å²) in [6, 6.07) is 0.0370. The topological polar surface area (TPSA) is 58.3 Å². The highest BCUT2D eigenvalue weighted by atomic mass is 16.3. The number of rotatable bonds is 3. The normalized spacial score (nSPS) is 18.0. The fourth-order valence-electron chi connectivity index (χ4n) is 0.598. The fourth-order valence-corrected chi connectivity index (χ4v) is 0.598. The van der Waals surface area contributed by atoms with Gasteiger partial charge in [-0.05, 0) is 13.3 Å². The number of aliphatic hydroxyl groups excluding tert-OH is 1. The Bertz CT molecular complexity index is 52.4. The molecule has 0 aliphatic rings. The Morgan fingerprint density at radius 1 is 1.75 bits per heavy atom. The molecule has 0 amide bonds. The number of aliphatic hydroxyl groups is 1. The van der Waals surface area contributed by atoms with Crippen molar-refractivity contribution in [2.24, 2.45) is 5.84 Å². The van der Waals surface area contributed by atoms with Crippen molar-refractivity contribution in [2.75, 3.05) is 0 Å². The lowest BCUT2D eigenvalue weighted by molar-refractivity contribution is 0.143. The van der Waals surface area contributed by atoms with E-state index in [0.29, 0.717) is 0 Å². The SMILES string of the molecule is CC[C@@H](NN)[C@@H](C)O. The summed E-state index contributed by atoms with van der Waals surface area (Å²) in [6.45, 7) is 3.69. The molecule has 0 aliphatic carbocycles. The molecule has 0 aromatic heterocycles. The maximum Gasteiger partial charge on any atom is 0.0678 e. The molecule has 0 aliphatic heterocycles. The van der Waals surface area contributed by atoms with E-state index >= 15 is 0 Å². The first kappa shape index (κ1) is 7.88. The van der Waals surface area contributed by atoms with Gasteiger partial charge in [0.15, 0.2) is 0 Å². The lowest BCUT2D eigenvalue weighted by Gasteiger charge is -2.15. The number of hydrogen-bond donors (Lipinski definition) is 3. The predicted molar refractivity (Wildman–Crippen MR) is 33.1 cm³/mol. The second kappa shape index (κ2) is 3.83. The van der Waals surface area contributed by atoms with Crippen LogP contribution in [0.2, 0.25) is 0 Å². The van der Waals surface area contributed by atoms with Gasteiger partial charge in [0.25, 0.3) is 0 Å². The highest BCUT2D eigenvalue weighted by molar-refractivity contribution is 4.65. The number of nitrogens with two attached hydrogens (primary N) is 1. The Balaban J connectivity index is 3.35. The minimum Gasteiger partial charge on any atom is -0.392 e. The minimum absolute atomic E-state index is 0.0370. The first-order valence-electron chi connectivity index (χ1n) is 2.86. The molecule has 0 fully saturated rings. The van der Waals surface area contributed by atoms with Crippen molar-refractivity contribution in [3.63, 3.8) is 0 Å². The summed E-state index contributed by atoms with van der Waals surface area (Å²) in [5, 5.41) is 8.87. The first-order chi connectivity index (χ1) is 3.72. The van der Waals surface area contributed by atoms with Gasteiger partial charge >= 0.3 is 0 Å². The fraction of sp³-hybridized carbons (Fsp3) is 1.00. The Morgan fingerprint density at radius 2 is 2.25 bits per heavy atom. The largest absolute Gasteiger partial charge is 0.392 e. The van der Waals surface area contributed by atoms with Crippen LogP contribution < -0.4 is 11.3 Å². The zero-order valence-corrected chi connectivity index (χ0v) is 5.39. The molecule has 0 aromatic carbocycles. The van der Waals surface area contributed by atoms with Crippen LogP contribution in [0.25, 0.3) is 0 Å². The van der Waals surface area contributed by atoms with Crippen molar-refractivity contribution in [3.05, 3.63) is 0 Å². The van der Waals surface area contributed by atoms with Crippen LogP contribution in [0.3, 0.4) is 0 Å². The van der Waals surface area contributed by atoms with Gasteiger partial charge in [0, 0.05) is 6.04 Å². The zero-order valence-electron chi connectivity index (χ0n) is 5.39. The Morgan fingerprint density at radius 3 is 2.25 bits per heavy atom. The summed E-state index contributed by atoms with van der Waals surface area (Å²) < 4.78 is 0. The van der Waals surface area contributed by atoms with Gasteiger partial charge in [0.05, 0.1) is 6.10 Å². The smallest absolute Gasteiger partial charge is 0.0678 e. The summed E-state index contributed by atoms with van der Waals surface area (Å²) in [5.74, 6) is 5.07. The standard InChI is InChI=1S/C5H14N2O/c1-3-5(7-6)4(2)8/h4-5,7-8H,3,6H2,1-2H3/t4-,5-/m1/s1. The van der Waals surface area contributed by atoms with Crippen molar-refractivity contribution < 1.29 is 5.11 Å². The molecule has 0 aromatic rings. The molecular formula is C5H14N2O. The predicted octanol–water partition coefficient (Wildman–Crippen LogP) is -0.391. The zero-order chi connectivity index (χ0) is 6.57. The van der Waals surface area contributed by atoms with Gasteiger partial charge in [-0.1, -0.05) is 6.92 Å². The molecule has 2 atom stereocenters. The van der Waals surface area contributed by atoms with E-state index in [4.69, 9.17) is 10.9 Å². The summed E-state index contributed by atoms with van der Waals surface area (Å²) in [6.07, 6.45) is 0.499. The van der Waals surface area contributed by atoms with E-state index in [1.807, 2.05) is 6.92 Å². The third kappa shape index (κ3) is 2.26. The molecule has 0 radical (unpaired) electrons. The van der Waals surface area contributed by atoms with Crippen LogP contribution in [0.5, 0.6) is 0 Å². The van der Waals surface area contributed by atoms with Gasteiger partial charge in [-0.25, -0.2) is 0 Å². The van der Waals surface area contributed by atoms with Gasteiger partial charge in [0.1, 0.15) is 0 Å². The van der Waals surface area contributed by atoms with Crippen molar-refractivity contribution in [3.8, 4) is 0 Å². The second-order valence-electron chi connectivity index (χ2n) is 1.92. The highest BCUT2D eigenvalue weighted by Gasteiger charge is 2.08. The first-order valence-corrected chi connectivity index (χ1v) is 2.86. The lowest BCUT2D eigenvalue weighted by atomic mass is 10.1. The van der Waals surface area contributed by atoms with Crippen molar-refractivity contribution in [2.45, 2.75) is 32.4 Å². The molecule has 0 rings (SSSR count). The Kier molecular flexibility index (Phi) is 3.77. The van der Waals surface area contributed by atoms with E-state index in [0.717, 1.165) is 6.42 Å². The molecule has 0 saturated heterocycles. The maximum absolute atomic E-state index is 8.87. The molecule has 3 nitrogen and oxygen atoms in total. The van der Waals surface area contributed by atoms with Crippen molar-refractivity contribution >= 4 is 0 Å². The van der Waals surface area contributed by atoms with E-state index in [9.17, 15) is 0 Å². The summed E-state index contributed by atoms with van der Waals surface area (Å²) in [5.41, 5.74) is 2.50. The monoisotopic (exact) mass is 118 g/mol. The van der Waals surface area contributed by atoms with Crippen LogP contribution in [0, 0.1) is 0 Å². The Labute approximate surface area is 49.9 Å². The highest BCUT2D eigenvalue weighted by Crippen LogP contribution is 1.93. The van der Waals surface area contributed by atoms with Crippen molar-refractivity contribution in [1.29, 1.82) is 0 Å². The van der Waals surface area contributed by atoms with Gasteiger partial charge in [-0.15, -0.1) is 0 Å². The van der Waals surface area contributed by atoms with E-state index < -0.39 is 0 Å². The quantitative estimate of drug-likeness (QED) is 0.349. The lowest BCUT2D eigenvalue weighted by Crippen LogP contribution is -2.42. The van der Waals surface area contributed by atoms with E-state index in [1.54, 1.807) is 6.92 Å². The van der Waals surface area contributed by atoms with Gasteiger partial charge in [-0.2, -0.15) is 0 Å². The molecule has 0 saturated carbocycles. The van der Waals surface area contributed by atoms with Crippen LogP contribution in [0.15, 0.2) is 0 Å². The molecule has 4 N–H and O–H groups in total. The molecular weight excluding hydrogens is 104 g/mol. The van der Waals surface area contributed by atoms with Crippen molar-refractivity contribution in [1.82, 2.24) is 5.43 Å². The Hall–Kier alpha value is -0.120. The molecule has 0 spiro atoms. The molecule has 0 unspecified atom stereocenters. The third-order valence-electron chi connectivity index (χ3n) is 1.24. The number of hydrogen-bond acceptors (Lipinski definition) is 3. The third-order valence-corrected chi connectivity index (χ3v) is 1.24. The molecule has 50 valence electrons. The molecule has 8 heavy (non-hydrogen) atoms. The van der Waals surface area contributed by atoms with Crippen LogP contribution in [0.4, 0.5) is 0 Å². The van der Waals surface area contributed by atoms with E-state index in [-0.39, 0.29) is 12.1 Å². The second-order valence-corrected chi connectivity index (χ2v) is 1.92. The van der Waals surface area contributed by atoms with Gasteiger partial charge < -0.3 is 5.11 Å². The van der Waals surface area contributed by atoms with Crippen LogP contribution in [0.1, 0.15) is 20.3 Å². The summed E-state index contributed by atoms with van der Waals surface area (Å²) >= 11 is 0. The average Bonchev–Trinajstić information content (AvgIpc) is 1.69. The molecule has 0 bridgehead atoms. The van der Waals surface area contributed by atoms with Gasteiger partial charge in [0.2, 0.25) is 0 Å². The molecule has 3 heteroatoms. The van der Waals surface area contributed by atoms with Crippen LogP contribution in [-0.4, -0.2) is 17.3 Å². The van der Waals surface area contributed by atoms with Gasteiger partial charge in [-0.3, -0.25) is 11.3 Å². The number of nitrogens with one attached hydrogen (secondary N) is 1. The van der Waals surface area contributed by atoms with E-state index in [2.05, 4.69) is 5.43 Å². The van der Waals surface area contributed by atoms with Crippen LogP contribution >= 0.6 is 0 Å². The summed E-state index contributed by atoms with van der Waals surface area (Å²) in [4.78, 5) is 0. The number of hydrazine groups is 1.